The van der Waals surface area contributed by atoms with Crippen molar-refractivity contribution in [2.45, 2.75) is 26.8 Å². The maximum absolute atomic E-state index is 14.0. The molecule has 1 aromatic heterocycles. The summed E-state index contributed by atoms with van der Waals surface area (Å²) >= 11 is 1.24. The largest absolute Gasteiger partial charge is 0.504 e. The minimum atomic E-state index is -0.753. The topological polar surface area (TPSA) is 99.4 Å². The van der Waals surface area contributed by atoms with Crippen LogP contribution in [0, 0.1) is 0 Å². The molecule has 0 bridgehead atoms. The van der Waals surface area contributed by atoms with Gasteiger partial charge in [0.15, 0.2) is 16.3 Å². The van der Waals surface area contributed by atoms with Gasteiger partial charge in [0.25, 0.3) is 5.56 Å². The van der Waals surface area contributed by atoms with Gasteiger partial charge in [-0.05, 0) is 61.6 Å². The number of allylic oxidation sites excluding steroid dienone is 1. The Labute approximate surface area is 228 Å². The predicted molar refractivity (Wildman–Crippen MR) is 150 cm³/mol. The molecule has 1 aliphatic rings. The first-order valence-corrected chi connectivity index (χ1v) is 13.4. The number of methoxy groups -OCH3 is 1. The zero-order valence-corrected chi connectivity index (χ0v) is 22.9. The van der Waals surface area contributed by atoms with Crippen molar-refractivity contribution < 1.29 is 24.1 Å². The van der Waals surface area contributed by atoms with Gasteiger partial charge in [-0.15, -0.1) is 0 Å². The number of phenols is 1. The Morgan fingerprint density at radius 1 is 1.08 bits per heavy atom. The maximum Gasteiger partial charge on any atom is 0.338 e. The molecule has 8 nitrogen and oxygen atoms in total. The highest BCUT2D eigenvalue weighted by molar-refractivity contribution is 7.07. The van der Waals surface area contributed by atoms with Crippen molar-refractivity contribution in [1.82, 2.24) is 4.57 Å². The summed E-state index contributed by atoms with van der Waals surface area (Å²) in [5.41, 5.74) is 1.97. The minimum absolute atomic E-state index is 0.0246. The molecule has 0 radical (unpaired) electrons. The highest BCUT2D eigenvalue weighted by Crippen LogP contribution is 2.38. The van der Waals surface area contributed by atoms with Gasteiger partial charge in [0.2, 0.25) is 0 Å². The van der Waals surface area contributed by atoms with Gasteiger partial charge in [-0.2, -0.15) is 0 Å². The van der Waals surface area contributed by atoms with Crippen molar-refractivity contribution in [1.29, 1.82) is 0 Å². The number of thiazole rings is 1. The van der Waals surface area contributed by atoms with Crippen molar-refractivity contribution in [3.63, 3.8) is 0 Å². The Hall–Kier alpha value is -4.37. The fraction of sp³-hybridized carbons (Fsp3) is 0.233. The molecule has 200 valence electrons. The van der Waals surface area contributed by atoms with Gasteiger partial charge < -0.3 is 19.3 Å². The molecule has 0 saturated heterocycles. The Morgan fingerprint density at radius 3 is 2.56 bits per heavy atom. The molecule has 9 heteroatoms. The molecular weight excluding hydrogens is 516 g/mol. The molecule has 3 aromatic carbocycles. The van der Waals surface area contributed by atoms with Crippen LogP contribution in [0.3, 0.4) is 0 Å². The number of aromatic nitrogens is 1. The van der Waals surface area contributed by atoms with Crippen molar-refractivity contribution in [2.75, 3.05) is 20.3 Å². The van der Waals surface area contributed by atoms with Crippen molar-refractivity contribution >= 4 is 34.2 Å². The third-order valence-corrected chi connectivity index (χ3v) is 7.51. The number of ether oxygens (including phenoxy) is 3. The number of esters is 1. The zero-order valence-electron chi connectivity index (χ0n) is 22.1. The smallest absolute Gasteiger partial charge is 0.338 e. The Kier molecular flexibility index (Phi) is 7.26. The van der Waals surface area contributed by atoms with E-state index in [1.807, 2.05) is 43.3 Å². The lowest BCUT2D eigenvalue weighted by Gasteiger charge is -2.26. The monoisotopic (exact) mass is 544 g/mol. The van der Waals surface area contributed by atoms with E-state index in [9.17, 15) is 14.7 Å². The fourth-order valence-corrected chi connectivity index (χ4v) is 5.89. The highest BCUT2D eigenvalue weighted by Gasteiger charge is 2.34. The number of benzene rings is 3. The third kappa shape index (κ3) is 4.70. The number of hydrogen-bond donors (Lipinski definition) is 1. The second-order valence-corrected chi connectivity index (χ2v) is 9.87. The van der Waals surface area contributed by atoms with Crippen LogP contribution >= 0.6 is 11.3 Å². The van der Waals surface area contributed by atoms with E-state index in [4.69, 9.17) is 14.2 Å². The SMILES string of the molecule is CCOC(=O)C1=C(C)N=c2s/c(=C/c3ccc(O)c(OCC)c3)c(=O)n2[C@H]1c1ccc(OC)c2ccccc12. The quantitative estimate of drug-likeness (QED) is 0.352. The number of phenolic OH excluding ortho intramolecular Hbond substituents is 1. The summed E-state index contributed by atoms with van der Waals surface area (Å²) < 4.78 is 18.5. The Balaban J connectivity index is 1.77. The molecule has 0 fully saturated rings. The van der Waals surface area contributed by atoms with Gasteiger partial charge in [-0.25, -0.2) is 9.79 Å². The van der Waals surface area contributed by atoms with Gasteiger partial charge in [-0.3, -0.25) is 9.36 Å². The molecule has 1 N–H and O–H groups in total. The van der Waals surface area contributed by atoms with E-state index in [2.05, 4.69) is 4.99 Å². The summed E-state index contributed by atoms with van der Waals surface area (Å²) in [5.74, 6) is 0.536. The molecule has 0 amide bonds. The molecule has 2 heterocycles. The molecule has 39 heavy (non-hydrogen) atoms. The summed E-state index contributed by atoms with van der Waals surface area (Å²) in [6, 6.07) is 15.6. The number of carbonyl (C=O) groups excluding carboxylic acids is 1. The van der Waals surface area contributed by atoms with Crippen LogP contribution in [0.2, 0.25) is 0 Å². The van der Waals surface area contributed by atoms with Crippen LogP contribution in [0.15, 0.2) is 75.7 Å². The van der Waals surface area contributed by atoms with E-state index in [1.54, 1.807) is 43.7 Å². The van der Waals surface area contributed by atoms with Gasteiger partial charge in [0.05, 0.1) is 42.2 Å². The number of nitrogens with zero attached hydrogens (tertiary/aromatic N) is 2. The Morgan fingerprint density at radius 2 is 1.85 bits per heavy atom. The molecular formula is C30H28N2O6S. The predicted octanol–water partition coefficient (Wildman–Crippen LogP) is 4.06. The minimum Gasteiger partial charge on any atom is -0.504 e. The summed E-state index contributed by atoms with van der Waals surface area (Å²) in [5, 5.41) is 11.8. The number of fused-ring (bicyclic) bond motifs is 2. The van der Waals surface area contributed by atoms with Gasteiger partial charge >= 0.3 is 5.97 Å². The first-order chi connectivity index (χ1) is 18.9. The van der Waals surface area contributed by atoms with Gasteiger partial charge in [-0.1, -0.05) is 47.7 Å². The molecule has 0 aliphatic carbocycles. The summed E-state index contributed by atoms with van der Waals surface area (Å²) in [6.07, 6.45) is 1.73. The normalized spacial score (nSPS) is 15.2. The van der Waals surface area contributed by atoms with E-state index < -0.39 is 12.0 Å². The third-order valence-electron chi connectivity index (χ3n) is 6.53. The molecule has 1 aliphatic heterocycles. The van der Waals surface area contributed by atoms with Crippen LogP contribution in [0.4, 0.5) is 0 Å². The van der Waals surface area contributed by atoms with Crippen LogP contribution in [0.1, 0.15) is 37.9 Å². The Bertz CT molecular complexity index is 1800. The average molecular weight is 545 g/mol. The molecule has 0 spiro atoms. The van der Waals surface area contributed by atoms with Crippen LogP contribution in [0.5, 0.6) is 17.2 Å². The van der Waals surface area contributed by atoms with Crippen molar-refractivity contribution in [2.24, 2.45) is 4.99 Å². The number of aromatic hydroxyl groups is 1. The molecule has 0 unspecified atom stereocenters. The van der Waals surface area contributed by atoms with Crippen LogP contribution in [-0.2, 0) is 9.53 Å². The molecule has 1 atom stereocenters. The number of rotatable bonds is 7. The lowest BCUT2D eigenvalue weighted by atomic mass is 9.91. The lowest BCUT2D eigenvalue weighted by molar-refractivity contribution is -0.139. The van der Waals surface area contributed by atoms with Crippen LogP contribution in [0.25, 0.3) is 16.8 Å². The number of hydrogen-bond acceptors (Lipinski definition) is 8. The van der Waals surface area contributed by atoms with Crippen LogP contribution < -0.4 is 24.4 Å². The van der Waals surface area contributed by atoms with E-state index in [0.29, 0.717) is 44.3 Å². The van der Waals surface area contributed by atoms with Crippen molar-refractivity contribution in [3.05, 3.63) is 96.7 Å². The number of carbonyl (C=O) groups is 1. The summed E-state index contributed by atoms with van der Waals surface area (Å²) in [6.45, 7) is 5.92. The van der Waals surface area contributed by atoms with Gasteiger partial charge in [0.1, 0.15) is 5.75 Å². The first kappa shape index (κ1) is 26.2. The van der Waals surface area contributed by atoms with Gasteiger partial charge in [0, 0.05) is 5.39 Å². The average Bonchev–Trinajstić information content (AvgIpc) is 3.23. The standard InChI is InChI=1S/C30H28N2O6S/c1-5-37-24-15-18(11-13-22(24)33)16-25-28(34)32-27(26(29(35)38-6-2)17(3)31-30(32)39-25)21-12-14-23(36-4)20-10-8-7-9-19(20)21/h7-16,27,33H,5-6H2,1-4H3/b25-16+/t27-/m0/s1. The highest BCUT2D eigenvalue weighted by atomic mass is 32.1. The first-order valence-electron chi connectivity index (χ1n) is 12.6. The zero-order chi connectivity index (χ0) is 27.7. The molecule has 0 saturated carbocycles. The summed E-state index contributed by atoms with van der Waals surface area (Å²) in [4.78, 5) is 32.4. The summed E-state index contributed by atoms with van der Waals surface area (Å²) in [7, 11) is 1.61. The fourth-order valence-electron chi connectivity index (χ4n) is 4.84. The molecule has 4 aromatic rings. The lowest BCUT2D eigenvalue weighted by Crippen LogP contribution is -2.40. The maximum atomic E-state index is 14.0. The van der Waals surface area contributed by atoms with E-state index in [1.165, 1.54) is 17.4 Å². The van der Waals surface area contributed by atoms with E-state index in [-0.39, 0.29) is 17.9 Å². The van der Waals surface area contributed by atoms with Crippen molar-refractivity contribution in [3.8, 4) is 17.2 Å². The van der Waals surface area contributed by atoms with E-state index in [0.717, 1.165) is 16.3 Å². The van der Waals surface area contributed by atoms with Crippen LogP contribution in [-0.4, -0.2) is 36.0 Å². The second kappa shape index (κ2) is 10.8. The second-order valence-electron chi connectivity index (χ2n) is 8.87. The molecule has 5 rings (SSSR count). The van der Waals surface area contributed by atoms with E-state index >= 15 is 0 Å².